The maximum absolute atomic E-state index is 12.1. The summed E-state index contributed by atoms with van der Waals surface area (Å²) in [6.07, 6.45) is 3.20. The summed E-state index contributed by atoms with van der Waals surface area (Å²) in [4.78, 5) is 23.4. The first-order valence-electron chi connectivity index (χ1n) is 9.58. The fourth-order valence-electron chi connectivity index (χ4n) is 3.50. The molecule has 4 rings (SSSR count). The van der Waals surface area contributed by atoms with Gasteiger partial charge in [0.25, 0.3) is 0 Å². The monoisotopic (exact) mass is 390 g/mol. The van der Waals surface area contributed by atoms with Gasteiger partial charge in [-0.25, -0.2) is 0 Å². The van der Waals surface area contributed by atoms with Crippen LogP contribution in [0.2, 0.25) is 0 Å². The fourth-order valence-corrected chi connectivity index (χ4v) is 3.50. The van der Waals surface area contributed by atoms with Crippen LogP contribution in [-0.2, 0) is 17.6 Å². The fraction of sp³-hybridized carbons (Fsp3) is 0.217. The van der Waals surface area contributed by atoms with Gasteiger partial charge in [-0.2, -0.15) is 0 Å². The van der Waals surface area contributed by atoms with Crippen molar-refractivity contribution in [3.8, 4) is 16.9 Å². The normalized spacial score (nSPS) is 14.8. The summed E-state index contributed by atoms with van der Waals surface area (Å²) in [7, 11) is 0. The quantitative estimate of drug-likeness (QED) is 0.648. The van der Waals surface area contributed by atoms with E-state index in [0.29, 0.717) is 24.9 Å². The van der Waals surface area contributed by atoms with Gasteiger partial charge in [-0.1, -0.05) is 30.3 Å². The van der Waals surface area contributed by atoms with E-state index < -0.39 is 5.91 Å². The van der Waals surface area contributed by atoms with E-state index in [1.807, 2.05) is 42.5 Å². The molecule has 0 fully saturated rings. The minimum Gasteiger partial charge on any atom is -0.487 e. The molecule has 1 atom stereocenters. The Bertz CT molecular complexity index is 1010. The van der Waals surface area contributed by atoms with Crippen molar-refractivity contribution >= 4 is 11.8 Å². The molecule has 0 saturated carbocycles. The molecule has 1 aromatic heterocycles. The number of rotatable bonds is 7. The smallest absolute Gasteiger partial charge is 0.248 e. The van der Waals surface area contributed by atoms with Gasteiger partial charge in [0.15, 0.2) is 0 Å². The molecule has 0 unspecified atom stereocenters. The Morgan fingerprint density at radius 3 is 2.62 bits per heavy atom. The number of aryl methyl sites for hydroxylation is 1. The van der Waals surface area contributed by atoms with Crippen molar-refractivity contribution < 1.29 is 18.7 Å². The number of para-hydroxylation sites is 1. The summed E-state index contributed by atoms with van der Waals surface area (Å²) in [6.45, 7) is 0.450. The van der Waals surface area contributed by atoms with E-state index in [9.17, 15) is 9.59 Å². The van der Waals surface area contributed by atoms with Gasteiger partial charge in [0.1, 0.15) is 17.6 Å². The molecule has 0 radical (unpaired) electrons. The topological polar surface area (TPSA) is 94.6 Å². The van der Waals surface area contributed by atoms with Crippen LogP contribution in [0.1, 0.15) is 28.1 Å². The Morgan fingerprint density at radius 1 is 1.07 bits per heavy atom. The van der Waals surface area contributed by atoms with Gasteiger partial charge in [-0.05, 0) is 35.4 Å². The second-order valence-electron chi connectivity index (χ2n) is 7.06. The first-order chi connectivity index (χ1) is 14.1. The number of nitrogens with two attached hydrogens (primary N) is 1. The molecule has 0 aliphatic carbocycles. The summed E-state index contributed by atoms with van der Waals surface area (Å²) in [5, 5.41) is 2.94. The average molecular weight is 390 g/mol. The molecule has 1 aliphatic rings. The van der Waals surface area contributed by atoms with E-state index in [-0.39, 0.29) is 12.0 Å². The summed E-state index contributed by atoms with van der Waals surface area (Å²) < 4.78 is 11.4. The molecule has 0 bridgehead atoms. The molecule has 29 heavy (non-hydrogen) atoms. The first-order valence-corrected chi connectivity index (χ1v) is 9.58. The van der Waals surface area contributed by atoms with E-state index in [1.165, 1.54) is 0 Å². The zero-order valence-corrected chi connectivity index (χ0v) is 15.9. The predicted molar refractivity (Wildman–Crippen MR) is 109 cm³/mol. The van der Waals surface area contributed by atoms with Crippen LogP contribution < -0.4 is 15.8 Å². The van der Waals surface area contributed by atoms with Crippen LogP contribution in [0.25, 0.3) is 11.1 Å². The van der Waals surface area contributed by atoms with Crippen molar-refractivity contribution in [2.75, 3.05) is 6.54 Å². The molecule has 3 N–H and O–H groups in total. The molecule has 148 valence electrons. The number of ether oxygens (including phenoxy) is 1. The Labute approximate surface area is 168 Å². The Balaban J connectivity index is 1.37. The number of nitrogens with one attached hydrogen (secondary N) is 1. The number of benzene rings is 2. The number of carbonyl (C=O) groups excluding carboxylic acids is 2. The highest BCUT2D eigenvalue weighted by Crippen LogP contribution is 2.38. The Hall–Kier alpha value is -3.54. The highest BCUT2D eigenvalue weighted by Gasteiger charge is 2.26. The lowest BCUT2D eigenvalue weighted by Gasteiger charge is -2.13. The van der Waals surface area contributed by atoms with Crippen LogP contribution in [-0.4, -0.2) is 24.5 Å². The number of hydrogen-bond acceptors (Lipinski definition) is 4. The van der Waals surface area contributed by atoms with Crippen molar-refractivity contribution in [2.45, 2.75) is 25.4 Å². The lowest BCUT2D eigenvalue weighted by Crippen LogP contribution is -2.34. The number of amides is 2. The lowest BCUT2D eigenvalue weighted by atomic mass is 9.99. The third-order valence-corrected chi connectivity index (χ3v) is 5.01. The minimum atomic E-state index is -0.450. The van der Waals surface area contributed by atoms with E-state index in [0.717, 1.165) is 34.6 Å². The number of fused-ring (bicyclic) bond motifs is 1. The Kier molecular flexibility index (Phi) is 5.33. The first kappa shape index (κ1) is 18.8. The van der Waals surface area contributed by atoms with E-state index >= 15 is 0 Å². The SMILES string of the molecule is NC(=O)c1ccc(-c2cccc3c2O[C@@H](CNC(=O)CCc2ccco2)C3)cc1. The maximum atomic E-state index is 12.1. The zero-order chi connectivity index (χ0) is 20.2. The van der Waals surface area contributed by atoms with Gasteiger partial charge in [-0.15, -0.1) is 0 Å². The van der Waals surface area contributed by atoms with Crippen molar-refractivity contribution in [2.24, 2.45) is 5.73 Å². The lowest BCUT2D eigenvalue weighted by molar-refractivity contribution is -0.121. The molecule has 6 nitrogen and oxygen atoms in total. The van der Waals surface area contributed by atoms with E-state index in [1.54, 1.807) is 18.4 Å². The summed E-state index contributed by atoms with van der Waals surface area (Å²) in [6, 6.07) is 16.8. The van der Waals surface area contributed by atoms with Crippen LogP contribution in [0.5, 0.6) is 5.75 Å². The average Bonchev–Trinajstić information content (AvgIpc) is 3.40. The highest BCUT2D eigenvalue weighted by atomic mass is 16.5. The largest absolute Gasteiger partial charge is 0.487 e. The van der Waals surface area contributed by atoms with Gasteiger partial charge >= 0.3 is 0 Å². The molecular weight excluding hydrogens is 368 g/mol. The third-order valence-electron chi connectivity index (χ3n) is 5.01. The number of furan rings is 1. The van der Waals surface area contributed by atoms with E-state index in [4.69, 9.17) is 14.9 Å². The minimum absolute atomic E-state index is 0.0248. The van der Waals surface area contributed by atoms with Crippen LogP contribution in [0.4, 0.5) is 0 Å². The highest BCUT2D eigenvalue weighted by molar-refractivity contribution is 5.93. The third kappa shape index (κ3) is 4.32. The molecule has 2 heterocycles. The summed E-state index contributed by atoms with van der Waals surface area (Å²) >= 11 is 0. The molecule has 1 aliphatic heterocycles. The van der Waals surface area contributed by atoms with Crippen LogP contribution in [0.15, 0.2) is 65.3 Å². The van der Waals surface area contributed by atoms with Crippen molar-refractivity contribution in [1.82, 2.24) is 5.32 Å². The molecular formula is C23H22N2O4. The molecule has 2 amide bonds. The van der Waals surface area contributed by atoms with Crippen LogP contribution >= 0.6 is 0 Å². The second-order valence-corrected chi connectivity index (χ2v) is 7.06. The molecule has 2 aromatic carbocycles. The second kappa shape index (κ2) is 8.22. The number of hydrogen-bond donors (Lipinski definition) is 2. The standard InChI is InChI=1S/C23H22N2O4/c24-23(27)16-8-6-15(7-9-16)20-5-1-3-17-13-19(29-22(17)20)14-25-21(26)11-10-18-4-2-12-28-18/h1-9,12,19H,10-11,13-14H2,(H2,24,27)(H,25,26)/t19-/m1/s1. The Morgan fingerprint density at radius 2 is 1.90 bits per heavy atom. The van der Waals surface area contributed by atoms with Gasteiger partial charge in [0.05, 0.1) is 12.8 Å². The van der Waals surface area contributed by atoms with E-state index in [2.05, 4.69) is 5.32 Å². The molecule has 0 spiro atoms. The van der Waals surface area contributed by atoms with Crippen molar-refractivity contribution in [3.63, 3.8) is 0 Å². The van der Waals surface area contributed by atoms with Gasteiger partial charge < -0.3 is 20.2 Å². The van der Waals surface area contributed by atoms with Gasteiger partial charge in [0, 0.05) is 30.4 Å². The summed E-state index contributed by atoms with van der Waals surface area (Å²) in [5.41, 5.74) is 8.81. The van der Waals surface area contributed by atoms with Crippen LogP contribution in [0.3, 0.4) is 0 Å². The predicted octanol–water partition coefficient (Wildman–Crippen LogP) is 3.10. The summed E-state index contributed by atoms with van der Waals surface area (Å²) in [5.74, 6) is 1.16. The molecule has 3 aromatic rings. The van der Waals surface area contributed by atoms with Gasteiger partial charge in [-0.3, -0.25) is 9.59 Å². The molecule has 0 saturated heterocycles. The maximum Gasteiger partial charge on any atom is 0.248 e. The number of carbonyl (C=O) groups is 2. The van der Waals surface area contributed by atoms with Crippen LogP contribution in [0, 0.1) is 0 Å². The zero-order valence-electron chi connectivity index (χ0n) is 15.9. The van der Waals surface area contributed by atoms with Gasteiger partial charge in [0.2, 0.25) is 11.8 Å². The number of primary amides is 1. The van der Waals surface area contributed by atoms with Crippen molar-refractivity contribution in [1.29, 1.82) is 0 Å². The van der Waals surface area contributed by atoms with Crippen molar-refractivity contribution in [3.05, 3.63) is 77.7 Å². The molecule has 6 heteroatoms.